The van der Waals surface area contributed by atoms with Crippen LogP contribution < -0.4 is 0 Å². The van der Waals surface area contributed by atoms with Crippen molar-refractivity contribution in [2.75, 3.05) is 0 Å². The number of hydrogen-bond acceptors (Lipinski definition) is 1. The Morgan fingerprint density at radius 2 is 1.79 bits per heavy atom. The summed E-state index contributed by atoms with van der Waals surface area (Å²) in [7, 11) is 0. The van der Waals surface area contributed by atoms with Crippen molar-refractivity contribution >= 4 is 27.3 Å². The van der Waals surface area contributed by atoms with Crippen molar-refractivity contribution in [1.82, 2.24) is 4.57 Å². The number of aromatic nitrogens is 1. The van der Waals surface area contributed by atoms with Gasteiger partial charge in [0.25, 0.3) is 0 Å². The van der Waals surface area contributed by atoms with Gasteiger partial charge >= 0.3 is 0 Å². The summed E-state index contributed by atoms with van der Waals surface area (Å²) in [6.45, 7) is 0. The predicted octanol–water partition coefficient (Wildman–Crippen LogP) is 4.84. The molecule has 0 aliphatic heterocycles. The minimum Gasteiger partial charge on any atom is -0.261 e. The molecule has 0 atom stereocenters. The van der Waals surface area contributed by atoms with Crippen LogP contribution in [0.3, 0.4) is 0 Å². The highest BCUT2D eigenvalue weighted by atomic mass is 79.9. The average molecular weight is 328 g/mol. The van der Waals surface area contributed by atoms with Crippen LogP contribution >= 0.6 is 27.3 Å². The van der Waals surface area contributed by atoms with E-state index in [1.165, 1.54) is 4.88 Å². The molecule has 0 fully saturated rings. The Hall–Kier alpha value is -1.76. The molecule has 92 valence electrons. The molecule has 0 spiro atoms. The third kappa shape index (κ3) is 2.65. The van der Waals surface area contributed by atoms with Crippen LogP contribution in [-0.4, -0.2) is 4.57 Å². The molecule has 3 aromatic rings. The molecule has 3 rings (SSSR count). The summed E-state index contributed by atoms with van der Waals surface area (Å²) in [4.78, 5) is 1.22. The summed E-state index contributed by atoms with van der Waals surface area (Å²) in [6, 6.07) is 21.5. The quantitative estimate of drug-likeness (QED) is 0.564. The molecule has 0 aliphatic carbocycles. The Kier molecular flexibility index (Phi) is 3.54. The molecule has 2 aromatic heterocycles. The molecule has 2 heterocycles. The predicted molar refractivity (Wildman–Crippen MR) is 84.2 cm³/mol. The van der Waals surface area contributed by atoms with E-state index in [9.17, 15) is 0 Å². The van der Waals surface area contributed by atoms with Gasteiger partial charge in [-0.1, -0.05) is 24.3 Å². The maximum atomic E-state index is 3.54. The highest BCUT2D eigenvalue weighted by molar-refractivity contribution is 9.10. The molecule has 0 unspecified atom stereocenters. The first-order valence-corrected chi connectivity index (χ1v) is 7.50. The summed E-state index contributed by atoms with van der Waals surface area (Å²) in [5.41, 5.74) is 2.13. The second-order valence-electron chi connectivity index (χ2n) is 3.96. The summed E-state index contributed by atoms with van der Waals surface area (Å²) in [5.74, 6) is 3.18. The Balaban J connectivity index is 2.03. The summed E-state index contributed by atoms with van der Waals surface area (Å²) in [5, 5.41) is 2.07. The highest BCUT2D eigenvalue weighted by Crippen LogP contribution is 2.28. The van der Waals surface area contributed by atoms with Gasteiger partial charge in [0.2, 0.25) is 0 Å². The molecule has 0 radical (unpaired) electrons. The second kappa shape index (κ2) is 5.48. The first-order valence-electron chi connectivity index (χ1n) is 5.83. The van der Waals surface area contributed by atoms with Gasteiger partial charge in [-0.15, -0.1) is 11.3 Å². The monoisotopic (exact) mass is 327 g/mol. The van der Waals surface area contributed by atoms with E-state index in [4.69, 9.17) is 0 Å². The van der Waals surface area contributed by atoms with Crippen LogP contribution in [0.4, 0.5) is 0 Å². The van der Waals surface area contributed by atoms with E-state index >= 15 is 0 Å². The molecule has 3 heteroatoms. The molecule has 1 aromatic carbocycles. The van der Waals surface area contributed by atoms with E-state index in [0.717, 1.165) is 15.9 Å². The third-order valence-electron chi connectivity index (χ3n) is 2.69. The minimum absolute atomic E-state index is 0.972. The van der Waals surface area contributed by atoms with Crippen molar-refractivity contribution < 1.29 is 0 Å². The largest absolute Gasteiger partial charge is 0.261 e. The summed E-state index contributed by atoms with van der Waals surface area (Å²) in [6.07, 6.45) is 0. The van der Waals surface area contributed by atoms with Crippen LogP contribution in [-0.2, 0) is 0 Å². The van der Waals surface area contributed by atoms with Crippen molar-refractivity contribution in [2.24, 2.45) is 0 Å². The number of halogens is 1. The van der Waals surface area contributed by atoms with Crippen LogP contribution in [0, 0.1) is 12.0 Å². The molecule has 0 N–H and O–H groups in total. The standard InChI is InChI=1S/C16H10BrNS/c17-16-9-8-14(15-7-4-12-19-15)18(16)11-10-13-5-2-1-3-6-13/h1-9,12H. The van der Waals surface area contributed by atoms with Gasteiger partial charge in [0.1, 0.15) is 0 Å². The first-order chi connectivity index (χ1) is 9.34. The van der Waals surface area contributed by atoms with Crippen LogP contribution in [0.5, 0.6) is 0 Å². The Morgan fingerprint density at radius 1 is 0.947 bits per heavy atom. The minimum atomic E-state index is 0.972. The topological polar surface area (TPSA) is 4.93 Å². The van der Waals surface area contributed by atoms with Crippen molar-refractivity contribution in [3.05, 3.63) is 70.1 Å². The Labute approximate surface area is 124 Å². The van der Waals surface area contributed by atoms with Crippen molar-refractivity contribution in [1.29, 1.82) is 0 Å². The van der Waals surface area contributed by atoms with E-state index in [1.54, 1.807) is 11.3 Å². The summed E-state index contributed by atoms with van der Waals surface area (Å²) < 4.78 is 2.94. The van der Waals surface area contributed by atoms with Crippen molar-refractivity contribution in [2.45, 2.75) is 0 Å². The number of nitrogens with zero attached hydrogens (tertiary/aromatic N) is 1. The molecule has 0 amide bonds. The maximum Gasteiger partial charge on any atom is 0.0976 e. The van der Waals surface area contributed by atoms with E-state index in [2.05, 4.69) is 51.5 Å². The molecule has 0 aliphatic rings. The van der Waals surface area contributed by atoms with Gasteiger partial charge in [0.05, 0.1) is 15.2 Å². The molecular weight excluding hydrogens is 318 g/mol. The van der Waals surface area contributed by atoms with Crippen LogP contribution in [0.1, 0.15) is 5.56 Å². The van der Waals surface area contributed by atoms with Gasteiger partial charge in [-0.05, 0) is 57.6 Å². The maximum absolute atomic E-state index is 3.54. The highest BCUT2D eigenvalue weighted by Gasteiger charge is 2.07. The van der Waals surface area contributed by atoms with Gasteiger partial charge in [-0.25, -0.2) is 0 Å². The molecular formula is C16H10BrNS. The van der Waals surface area contributed by atoms with Gasteiger partial charge in [-0.3, -0.25) is 4.57 Å². The fourth-order valence-corrected chi connectivity index (χ4v) is 2.94. The van der Waals surface area contributed by atoms with E-state index in [-0.39, 0.29) is 0 Å². The zero-order chi connectivity index (χ0) is 13.1. The number of rotatable bonds is 1. The lowest BCUT2D eigenvalue weighted by Crippen LogP contribution is -1.91. The number of benzene rings is 1. The van der Waals surface area contributed by atoms with Crippen LogP contribution in [0.25, 0.3) is 10.6 Å². The van der Waals surface area contributed by atoms with Crippen LogP contribution in [0.15, 0.2) is 64.6 Å². The number of thiophene rings is 1. The van der Waals surface area contributed by atoms with E-state index in [1.807, 2.05) is 41.0 Å². The lowest BCUT2D eigenvalue weighted by Gasteiger charge is -2.00. The van der Waals surface area contributed by atoms with Crippen LogP contribution in [0.2, 0.25) is 0 Å². The first kappa shape index (κ1) is 12.3. The Bertz CT molecular complexity index is 730. The molecule has 19 heavy (non-hydrogen) atoms. The molecule has 0 saturated heterocycles. The molecule has 1 nitrogen and oxygen atoms in total. The second-order valence-corrected chi connectivity index (χ2v) is 5.72. The summed E-state index contributed by atoms with van der Waals surface area (Å²) >= 11 is 5.26. The van der Waals surface area contributed by atoms with Gasteiger partial charge < -0.3 is 0 Å². The lowest BCUT2D eigenvalue weighted by molar-refractivity contribution is 1.12. The lowest BCUT2D eigenvalue weighted by atomic mass is 10.2. The molecule has 0 saturated carbocycles. The van der Waals surface area contributed by atoms with Gasteiger partial charge in [0.15, 0.2) is 0 Å². The third-order valence-corrected chi connectivity index (χ3v) is 4.20. The smallest absolute Gasteiger partial charge is 0.0976 e. The fraction of sp³-hybridized carbons (Fsp3) is 0. The van der Waals surface area contributed by atoms with Crippen molar-refractivity contribution in [3.63, 3.8) is 0 Å². The molecule has 0 bridgehead atoms. The number of hydrogen-bond donors (Lipinski definition) is 0. The van der Waals surface area contributed by atoms with Crippen molar-refractivity contribution in [3.8, 4) is 22.5 Å². The van der Waals surface area contributed by atoms with Gasteiger partial charge in [0, 0.05) is 11.6 Å². The van der Waals surface area contributed by atoms with E-state index in [0.29, 0.717) is 0 Å². The average Bonchev–Trinajstić information content (AvgIpc) is 3.07. The zero-order valence-corrected chi connectivity index (χ0v) is 12.4. The van der Waals surface area contributed by atoms with E-state index < -0.39 is 0 Å². The normalized spacial score (nSPS) is 9.95. The Morgan fingerprint density at radius 3 is 2.53 bits per heavy atom. The SMILES string of the molecule is Brc1ccc(-c2cccs2)n1C#Cc1ccccc1. The zero-order valence-electron chi connectivity index (χ0n) is 10.0. The van der Waals surface area contributed by atoms with Gasteiger partial charge in [-0.2, -0.15) is 0 Å². The fourth-order valence-electron chi connectivity index (χ4n) is 1.78.